The quantitative estimate of drug-likeness (QED) is 0.522. The molecule has 0 unspecified atom stereocenters. The first-order chi connectivity index (χ1) is 4.68. The van der Waals surface area contributed by atoms with Gasteiger partial charge < -0.3 is 0 Å². The van der Waals surface area contributed by atoms with Crippen LogP contribution in [0.5, 0.6) is 0 Å². The molecule has 1 atom stereocenters. The largest absolute Gasteiger partial charge is 0.0991 e. The summed E-state index contributed by atoms with van der Waals surface area (Å²) in [5.74, 6) is 1.57. The number of rotatable bonds is 4. The topological polar surface area (TPSA) is 0 Å². The van der Waals surface area contributed by atoms with Gasteiger partial charge in [-0.05, 0) is 18.3 Å². The zero-order chi connectivity index (χ0) is 7.98. The highest BCUT2D eigenvalue weighted by molar-refractivity contribution is 4.97. The molecule has 0 amide bonds. The lowest BCUT2D eigenvalue weighted by atomic mass is 9.95. The molecule has 0 N–H and O–H groups in total. The minimum absolute atomic E-state index is 0.787. The van der Waals surface area contributed by atoms with Gasteiger partial charge in [-0.3, -0.25) is 0 Å². The Bertz CT molecular complexity index is 109. The smallest absolute Gasteiger partial charge is 0.0319 e. The highest BCUT2D eigenvalue weighted by Gasteiger charge is 2.02. The van der Waals surface area contributed by atoms with Gasteiger partial charge in [0.1, 0.15) is 0 Å². The first-order valence-corrected chi connectivity index (χ1v) is 3.96. The predicted octanol–water partition coefficient (Wildman–Crippen LogP) is 3.41. The van der Waals surface area contributed by atoms with E-state index in [2.05, 4.69) is 33.4 Å². The summed E-state index contributed by atoms with van der Waals surface area (Å²) in [6.07, 6.45) is 7.19. The van der Waals surface area contributed by atoms with Crippen LogP contribution in [-0.2, 0) is 0 Å². The molecule has 0 heteroatoms. The number of hydrogen-bond acceptors (Lipinski definition) is 0. The van der Waals surface area contributed by atoms with Crippen molar-refractivity contribution in [2.75, 3.05) is 0 Å². The molecule has 0 rings (SSSR count). The first-order valence-electron chi connectivity index (χ1n) is 3.96. The summed E-state index contributed by atoms with van der Waals surface area (Å²) in [5, 5.41) is 0. The Labute approximate surface area is 64.6 Å². The van der Waals surface area contributed by atoms with Crippen LogP contribution in [0.15, 0.2) is 24.8 Å². The summed E-state index contributed by atoms with van der Waals surface area (Å²) in [6, 6.07) is 0. The van der Waals surface area contributed by atoms with Crippen molar-refractivity contribution in [3.05, 3.63) is 24.8 Å². The van der Waals surface area contributed by atoms with Gasteiger partial charge in [0.2, 0.25) is 0 Å². The van der Waals surface area contributed by atoms with Crippen molar-refractivity contribution in [3.63, 3.8) is 0 Å². The van der Waals surface area contributed by atoms with Crippen molar-refractivity contribution >= 4 is 0 Å². The van der Waals surface area contributed by atoms with Crippen LogP contribution in [-0.4, -0.2) is 0 Å². The molecular formula is C10H18. The Hall–Kier alpha value is -0.520. The monoisotopic (exact) mass is 138 g/mol. The highest BCUT2D eigenvalue weighted by Crippen LogP contribution is 2.13. The van der Waals surface area contributed by atoms with Crippen molar-refractivity contribution in [1.82, 2.24) is 0 Å². The van der Waals surface area contributed by atoms with Gasteiger partial charge >= 0.3 is 0 Å². The predicted molar refractivity (Wildman–Crippen MR) is 48.0 cm³/mol. The van der Waals surface area contributed by atoms with Crippen LogP contribution in [0.4, 0.5) is 0 Å². The number of hydrogen-bond donors (Lipinski definition) is 0. The van der Waals surface area contributed by atoms with E-state index in [0.717, 1.165) is 11.8 Å². The molecule has 0 radical (unpaired) electrons. The molecule has 0 aromatic carbocycles. The molecule has 0 aliphatic rings. The molecule has 58 valence electrons. The third-order valence-corrected chi connectivity index (χ3v) is 1.92. The normalized spacial score (nSPS) is 14.4. The third-order valence-electron chi connectivity index (χ3n) is 1.92. The van der Waals surface area contributed by atoms with Crippen LogP contribution in [0.1, 0.15) is 27.2 Å². The molecule has 0 bridgehead atoms. The van der Waals surface area contributed by atoms with E-state index in [1.807, 2.05) is 12.2 Å². The molecule has 10 heavy (non-hydrogen) atoms. The Balaban J connectivity index is 3.48. The Morgan fingerprint density at radius 2 is 1.90 bits per heavy atom. The minimum Gasteiger partial charge on any atom is -0.0991 e. The molecule has 0 aromatic heterocycles. The second-order valence-electron chi connectivity index (χ2n) is 3.12. The van der Waals surface area contributed by atoms with Crippen molar-refractivity contribution < 1.29 is 0 Å². The van der Waals surface area contributed by atoms with Crippen molar-refractivity contribution in [2.45, 2.75) is 27.2 Å². The van der Waals surface area contributed by atoms with Crippen LogP contribution < -0.4 is 0 Å². The molecular weight excluding hydrogens is 120 g/mol. The van der Waals surface area contributed by atoms with Crippen LogP contribution >= 0.6 is 0 Å². The maximum atomic E-state index is 3.62. The average Bonchev–Trinajstić information content (AvgIpc) is 1.88. The lowest BCUT2D eigenvalue weighted by Crippen LogP contribution is -2.01. The maximum Gasteiger partial charge on any atom is -0.0319 e. The summed E-state index contributed by atoms with van der Waals surface area (Å²) >= 11 is 0. The summed E-state index contributed by atoms with van der Waals surface area (Å²) < 4.78 is 0. The molecule has 0 aliphatic carbocycles. The number of allylic oxidation sites excluding steroid dienone is 3. The van der Waals surface area contributed by atoms with E-state index in [4.69, 9.17) is 0 Å². The van der Waals surface area contributed by atoms with Crippen molar-refractivity contribution in [2.24, 2.45) is 11.8 Å². The van der Waals surface area contributed by atoms with Crippen LogP contribution in [0.3, 0.4) is 0 Å². The van der Waals surface area contributed by atoms with Gasteiger partial charge in [0, 0.05) is 0 Å². The van der Waals surface area contributed by atoms with E-state index in [0.29, 0.717) is 0 Å². The van der Waals surface area contributed by atoms with Crippen LogP contribution in [0.2, 0.25) is 0 Å². The van der Waals surface area contributed by atoms with Gasteiger partial charge in [-0.2, -0.15) is 0 Å². The zero-order valence-corrected chi connectivity index (χ0v) is 7.30. The Morgan fingerprint density at radius 1 is 1.30 bits per heavy atom. The van der Waals surface area contributed by atoms with Gasteiger partial charge in [-0.1, -0.05) is 45.6 Å². The van der Waals surface area contributed by atoms with E-state index in [1.54, 1.807) is 0 Å². The molecule has 0 heterocycles. The lowest BCUT2D eigenvalue weighted by Gasteiger charge is -2.11. The highest BCUT2D eigenvalue weighted by atomic mass is 14.1. The van der Waals surface area contributed by atoms with Crippen molar-refractivity contribution in [1.29, 1.82) is 0 Å². The molecule has 0 aromatic rings. The Morgan fingerprint density at radius 3 is 2.30 bits per heavy atom. The summed E-state index contributed by atoms with van der Waals surface area (Å²) in [6.45, 7) is 10.4. The van der Waals surface area contributed by atoms with Gasteiger partial charge in [-0.25, -0.2) is 0 Å². The molecule has 0 aliphatic heterocycles. The average molecular weight is 138 g/mol. The molecule has 0 fully saturated rings. The molecule has 0 saturated heterocycles. The second kappa shape index (κ2) is 5.28. The van der Waals surface area contributed by atoms with Crippen LogP contribution in [0.25, 0.3) is 0 Å². The zero-order valence-electron chi connectivity index (χ0n) is 7.30. The van der Waals surface area contributed by atoms with E-state index in [-0.39, 0.29) is 0 Å². The van der Waals surface area contributed by atoms with E-state index in [1.165, 1.54) is 6.42 Å². The van der Waals surface area contributed by atoms with Gasteiger partial charge in [0.25, 0.3) is 0 Å². The SMILES string of the molecule is C=C/C=C\C[C@@H](C)C(C)C. The van der Waals surface area contributed by atoms with E-state index >= 15 is 0 Å². The second-order valence-corrected chi connectivity index (χ2v) is 3.12. The summed E-state index contributed by atoms with van der Waals surface area (Å²) in [5.41, 5.74) is 0. The van der Waals surface area contributed by atoms with Crippen molar-refractivity contribution in [3.8, 4) is 0 Å². The standard InChI is InChI=1S/C10H18/c1-5-6-7-8-10(4)9(2)3/h5-7,9-10H,1,8H2,2-4H3/b7-6-/t10-/m1/s1. The summed E-state index contributed by atoms with van der Waals surface area (Å²) in [4.78, 5) is 0. The molecule has 0 spiro atoms. The maximum absolute atomic E-state index is 3.62. The fourth-order valence-corrected chi connectivity index (χ4v) is 0.662. The minimum atomic E-state index is 0.787. The fourth-order valence-electron chi connectivity index (χ4n) is 0.662. The molecule has 0 saturated carbocycles. The van der Waals surface area contributed by atoms with Gasteiger partial charge in [0.05, 0.1) is 0 Å². The van der Waals surface area contributed by atoms with E-state index < -0.39 is 0 Å². The Kier molecular flexibility index (Phi) is 5.00. The van der Waals surface area contributed by atoms with Gasteiger partial charge in [-0.15, -0.1) is 0 Å². The fraction of sp³-hybridized carbons (Fsp3) is 0.600. The first kappa shape index (κ1) is 9.48. The third kappa shape index (κ3) is 4.37. The van der Waals surface area contributed by atoms with E-state index in [9.17, 15) is 0 Å². The lowest BCUT2D eigenvalue weighted by molar-refractivity contribution is 0.424. The van der Waals surface area contributed by atoms with Gasteiger partial charge in [0.15, 0.2) is 0 Å². The molecule has 0 nitrogen and oxygen atoms in total. The van der Waals surface area contributed by atoms with Crippen LogP contribution in [0, 0.1) is 11.8 Å². The summed E-state index contributed by atoms with van der Waals surface area (Å²) in [7, 11) is 0.